The fourth-order valence-corrected chi connectivity index (χ4v) is 2.63. The first-order chi connectivity index (χ1) is 10.9. The van der Waals surface area contributed by atoms with Crippen molar-refractivity contribution in [3.05, 3.63) is 29.8 Å². The van der Waals surface area contributed by atoms with E-state index in [1.807, 2.05) is 13.8 Å². The second kappa shape index (κ2) is 8.24. The molecule has 1 aliphatic carbocycles. The van der Waals surface area contributed by atoms with Crippen LogP contribution in [0.15, 0.2) is 18.2 Å². The molecule has 4 nitrogen and oxygen atoms in total. The Morgan fingerprint density at radius 1 is 1.17 bits per heavy atom. The fraction of sp³-hybridized carbons (Fsp3) is 0.588. The van der Waals surface area contributed by atoms with Crippen LogP contribution in [0.25, 0.3) is 0 Å². The zero-order chi connectivity index (χ0) is 16.8. The Hall–Kier alpha value is -1.69. The molecule has 1 aromatic rings. The van der Waals surface area contributed by atoms with Crippen LogP contribution in [0, 0.1) is 11.6 Å². The summed E-state index contributed by atoms with van der Waals surface area (Å²) in [7, 11) is 0. The van der Waals surface area contributed by atoms with Gasteiger partial charge in [-0.3, -0.25) is 4.79 Å². The van der Waals surface area contributed by atoms with Crippen molar-refractivity contribution in [1.82, 2.24) is 5.32 Å². The van der Waals surface area contributed by atoms with Crippen LogP contribution < -0.4 is 10.1 Å². The van der Waals surface area contributed by atoms with E-state index >= 15 is 0 Å². The summed E-state index contributed by atoms with van der Waals surface area (Å²) in [6.45, 7) is 3.83. The molecule has 0 unspecified atom stereocenters. The Morgan fingerprint density at radius 2 is 1.78 bits per heavy atom. The third-order valence-corrected chi connectivity index (χ3v) is 3.73. The van der Waals surface area contributed by atoms with Gasteiger partial charge in [-0.05, 0) is 39.5 Å². The van der Waals surface area contributed by atoms with Crippen LogP contribution in [0.2, 0.25) is 0 Å². The largest absolute Gasteiger partial charge is 0.490 e. The summed E-state index contributed by atoms with van der Waals surface area (Å²) in [6.07, 6.45) is 2.95. The molecule has 0 radical (unpaired) electrons. The van der Waals surface area contributed by atoms with E-state index < -0.39 is 11.6 Å². The van der Waals surface area contributed by atoms with Gasteiger partial charge < -0.3 is 14.8 Å². The molecule has 2 rings (SSSR count). The molecule has 0 aromatic heterocycles. The van der Waals surface area contributed by atoms with E-state index in [2.05, 4.69) is 5.32 Å². The number of amides is 1. The quantitative estimate of drug-likeness (QED) is 0.873. The van der Waals surface area contributed by atoms with Crippen molar-refractivity contribution in [3.8, 4) is 5.75 Å². The summed E-state index contributed by atoms with van der Waals surface area (Å²) in [5.74, 6) is -1.20. The molecule has 0 aliphatic heterocycles. The Bertz CT molecular complexity index is 508. The summed E-state index contributed by atoms with van der Waals surface area (Å²) >= 11 is 0. The number of ether oxygens (including phenoxy) is 2. The predicted octanol–water partition coefficient (Wildman–Crippen LogP) is 3.20. The Balaban J connectivity index is 1.74. The molecule has 1 aromatic carbocycles. The topological polar surface area (TPSA) is 47.6 Å². The molecular formula is C17H23F2NO3. The third kappa shape index (κ3) is 6.14. The predicted molar refractivity (Wildman–Crippen MR) is 82.3 cm³/mol. The fourth-order valence-electron chi connectivity index (χ4n) is 2.63. The lowest BCUT2D eigenvalue weighted by molar-refractivity contribution is -0.128. The molecule has 0 spiro atoms. The second-order valence-corrected chi connectivity index (χ2v) is 6.12. The highest BCUT2D eigenvalue weighted by Gasteiger charge is 2.24. The second-order valence-electron chi connectivity index (χ2n) is 6.12. The Labute approximate surface area is 135 Å². The molecule has 6 heteroatoms. The van der Waals surface area contributed by atoms with Crippen LogP contribution in [0.4, 0.5) is 8.78 Å². The van der Waals surface area contributed by atoms with E-state index in [1.165, 1.54) is 12.1 Å². The van der Waals surface area contributed by atoms with Gasteiger partial charge in [-0.1, -0.05) is 0 Å². The number of rotatable bonds is 6. The van der Waals surface area contributed by atoms with Crippen LogP contribution in [-0.2, 0) is 9.53 Å². The van der Waals surface area contributed by atoms with E-state index in [1.54, 1.807) is 0 Å². The van der Waals surface area contributed by atoms with Crippen LogP contribution in [0.1, 0.15) is 39.5 Å². The Morgan fingerprint density at radius 3 is 2.35 bits per heavy atom. The van der Waals surface area contributed by atoms with E-state index in [0.717, 1.165) is 31.7 Å². The molecular weight excluding hydrogens is 304 g/mol. The maximum Gasteiger partial charge on any atom is 0.246 e. The zero-order valence-corrected chi connectivity index (χ0v) is 13.5. The minimum atomic E-state index is -0.647. The first-order valence-electron chi connectivity index (χ1n) is 7.96. The number of halogens is 2. The van der Waals surface area contributed by atoms with E-state index in [9.17, 15) is 13.6 Å². The smallest absolute Gasteiger partial charge is 0.246 e. The number of nitrogens with one attached hydrogen (secondary N) is 1. The van der Waals surface area contributed by atoms with Crippen molar-refractivity contribution in [2.45, 2.75) is 57.8 Å². The number of carbonyl (C=O) groups excluding carboxylic acids is 1. The van der Waals surface area contributed by atoms with Crippen molar-refractivity contribution >= 4 is 5.91 Å². The lowest BCUT2D eigenvalue weighted by atomic mass is 9.93. The maximum absolute atomic E-state index is 13.1. The molecule has 1 N–H and O–H groups in total. The summed E-state index contributed by atoms with van der Waals surface area (Å²) in [6, 6.07) is 3.28. The van der Waals surface area contributed by atoms with Gasteiger partial charge in [0.05, 0.1) is 12.2 Å². The van der Waals surface area contributed by atoms with Crippen LogP contribution in [-0.4, -0.2) is 30.8 Å². The first kappa shape index (κ1) is 17.7. The summed E-state index contributed by atoms with van der Waals surface area (Å²) in [4.78, 5) is 11.7. The standard InChI is InChI=1S/C17H23F2NO3/c1-11(2)22-10-17(21)20-14-3-5-15(6-4-14)23-16-8-12(18)7-13(19)9-16/h7-9,11,14-15H,3-6,10H2,1-2H3,(H,20,21). The molecule has 0 bridgehead atoms. The SMILES string of the molecule is CC(C)OCC(=O)NC1CCC(Oc2cc(F)cc(F)c2)CC1. The molecule has 1 saturated carbocycles. The highest BCUT2D eigenvalue weighted by molar-refractivity contribution is 5.77. The lowest BCUT2D eigenvalue weighted by Crippen LogP contribution is -2.41. The number of carbonyl (C=O) groups is 1. The third-order valence-electron chi connectivity index (χ3n) is 3.73. The average Bonchev–Trinajstić information content (AvgIpc) is 2.46. The minimum Gasteiger partial charge on any atom is -0.490 e. The number of benzene rings is 1. The summed E-state index contributed by atoms with van der Waals surface area (Å²) in [5, 5.41) is 2.94. The van der Waals surface area contributed by atoms with Crippen LogP contribution >= 0.6 is 0 Å². The summed E-state index contributed by atoms with van der Waals surface area (Å²) < 4.78 is 37.2. The van der Waals surface area contributed by atoms with Gasteiger partial charge in [-0.25, -0.2) is 8.78 Å². The van der Waals surface area contributed by atoms with Crippen LogP contribution in [0.3, 0.4) is 0 Å². The van der Waals surface area contributed by atoms with E-state index in [-0.39, 0.29) is 36.5 Å². The molecule has 0 heterocycles. The van der Waals surface area contributed by atoms with Gasteiger partial charge in [0, 0.05) is 24.2 Å². The van der Waals surface area contributed by atoms with Crippen molar-refractivity contribution < 1.29 is 23.0 Å². The normalized spacial score (nSPS) is 21.3. The van der Waals surface area contributed by atoms with Crippen LogP contribution in [0.5, 0.6) is 5.75 Å². The Kier molecular flexibility index (Phi) is 6.33. The van der Waals surface area contributed by atoms with Gasteiger partial charge in [0.2, 0.25) is 5.91 Å². The number of hydrogen-bond acceptors (Lipinski definition) is 3. The first-order valence-corrected chi connectivity index (χ1v) is 7.96. The molecule has 1 fully saturated rings. The van der Waals surface area contributed by atoms with Gasteiger partial charge in [0.25, 0.3) is 0 Å². The molecule has 1 amide bonds. The van der Waals surface area contributed by atoms with Crippen molar-refractivity contribution in [2.75, 3.05) is 6.61 Å². The molecule has 1 aliphatic rings. The van der Waals surface area contributed by atoms with Gasteiger partial charge in [0.15, 0.2) is 0 Å². The van der Waals surface area contributed by atoms with E-state index in [4.69, 9.17) is 9.47 Å². The van der Waals surface area contributed by atoms with Crippen molar-refractivity contribution in [3.63, 3.8) is 0 Å². The highest BCUT2D eigenvalue weighted by atomic mass is 19.1. The van der Waals surface area contributed by atoms with Gasteiger partial charge in [-0.15, -0.1) is 0 Å². The van der Waals surface area contributed by atoms with Gasteiger partial charge >= 0.3 is 0 Å². The molecule has 0 saturated heterocycles. The highest BCUT2D eigenvalue weighted by Crippen LogP contribution is 2.25. The monoisotopic (exact) mass is 327 g/mol. The zero-order valence-electron chi connectivity index (χ0n) is 13.5. The summed E-state index contributed by atoms with van der Waals surface area (Å²) in [5.41, 5.74) is 0. The van der Waals surface area contributed by atoms with Gasteiger partial charge in [-0.2, -0.15) is 0 Å². The molecule has 0 atom stereocenters. The lowest BCUT2D eigenvalue weighted by Gasteiger charge is -2.29. The molecule has 23 heavy (non-hydrogen) atoms. The average molecular weight is 327 g/mol. The number of hydrogen-bond donors (Lipinski definition) is 1. The maximum atomic E-state index is 13.1. The molecule has 128 valence electrons. The van der Waals surface area contributed by atoms with E-state index in [0.29, 0.717) is 0 Å². The van der Waals surface area contributed by atoms with Gasteiger partial charge in [0.1, 0.15) is 24.0 Å². The minimum absolute atomic E-state index is 0.0246. The van der Waals surface area contributed by atoms with Crippen molar-refractivity contribution in [1.29, 1.82) is 0 Å². The van der Waals surface area contributed by atoms with Crippen molar-refractivity contribution in [2.24, 2.45) is 0 Å².